The number of aromatic nitrogens is 8. The number of halogens is 4. The Bertz CT molecular complexity index is 1510. The third kappa shape index (κ3) is 4.91. The van der Waals surface area contributed by atoms with E-state index >= 15 is 8.78 Å². The van der Waals surface area contributed by atoms with Crippen LogP contribution in [0.25, 0.3) is 5.69 Å². The van der Waals surface area contributed by atoms with E-state index in [2.05, 4.69) is 39.5 Å². The lowest BCUT2D eigenvalue weighted by Crippen LogP contribution is -2.48. The molecule has 0 amide bonds. The second kappa shape index (κ2) is 10.6. The maximum atomic E-state index is 16.0. The van der Waals surface area contributed by atoms with Gasteiger partial charge in [0, 0.05) is 11.6 Å². The third-order valence-corrected chi connectivity index (χ3v) is 7.75. The first-order chi connectivity index (χ1) is 19.0. The molecule has 1 aliphatic carbocycles. The van der Waals surface area contributed by atoms with Crippen molar-refractivity contribution in [3.63, 3.8) is 0 Å². The second-order valence-corrected chi connectivity index (χ2v) is 10.5. The average Bonchev–Trinajstić information content (AvgIpc) is 3.58. The highest BCUT2D eigenvalue weighted by Crippen LogP contribution is 2.46. The van der Waals surface area contributed by atoms with Gasteiger partial charge in [-0.25, -0.2) is 27.5 Å². The van der Waals surface area contributed by atoms with E-state index in [4.69, 9.17) is 0 Å². The number of benzene rings is 1. The highest BCUT2D eigenvalue weighted by Gasteiger charge is 2.58. The average molecular weight is 561 g/mol. The van der Waals surface area contributed by atoms with Gasteiger partial charge in [0.05, 0.1) is 24.5 Å². The molecule has 1 saturated carbocycles. The van der Waals surface area contributed by atoms with Gasteiger partial charge in [-0.1, -0.05) is 13.8 Å². The first-order valence-corrected chi connectivity index (χ1v) is 12.9. The number of hydrogen-bond acceptors (Lipinski definition) is 7. The van der Waals surface area contributed by atoms with Gasteiger partial charge < -0.3 is 5.11 Å². The maximum absolute atomic E-state index is 16.0. The molecule has 1 N–H and O–H groups in total. The first-order valence-electron chi connectivity index (χ1n) is 12.9. The Morgan fingerprint density at radius 3 is 2.42 bits per heavy atom. The van der Waals surface area contributed by atoms with Crippen LogP contribution in [0.1, 0.15) is 56.8 Å². The van der Waals surface area contributed by atoms with Gasteiger partial charge in [0.1, 0.15) is 30.0 Å². The molecule has 1 atom stereocenters. The van der Waals surface area contributed by atoms with Crippen LogP contribution in [0.2, 0.25) is 0 Å². The van der Waals surface area contributed by atoms with E-state index in [1.54, 1.807) is 0 Å². The van der Waals surface area contributed by atoms with Gasteiger partial charge in [0.25, 0.3) is 0 Å². The van der Waals surface area contributed by atoms with Crippen LogP contribution in [0.4, 0.5) is 17.6 Å². The van der Waals surface area contributed by atoms with Crippen molar-refractivity contribution in [2.45, 2.75) is 63.6 Å². The van der Waals surface area contributed by atoms with Crippen molar-refractivity contribution >= 4 is 0 Å². The molecule has 0 saturated heterocycles. The minimum Gasteiger partial charge on any atom is -0.377 e. The summed E-state index contributed by atoms with van der Waals surface area (Å²) in [6.07, 6.45) is 6.97. The summed E-state index contributed by atoms with van der Waals surface area (Å²) in [5.41, 5.74) is -5.28. The molecule has 3 heterocycles. The predicted molar refractivity (Wildman–Crippen MR) is 133 cm³/mol. The summed E-state index contributed by atoms with van der Waals surface area (Å²) in [5, 5.41) is 25.8. The number of hydrogen-bond donors (Lipinski definition) is 1. The second-order valence-electron chi connectivity index (χ2n) is 10.5. The lowest BCUT2D eigenvalue weighted by atomic mass is 9.80. The fraction of sp³-hybridized carbons (Fsp3) is 0.462. The lowest BCUT2D eigenvalue weighted by molar-refractivity contribution is -0.207. The van der Waals surface area contributed by atoms with E-state index in [1.807, 2.05) is 0 Å². The lowest BCUT2D eigenvalue weighted by Gasteiger charge is -2.35. The molecule has 1 unspecified atom stereocenters. The van der Waals surface area contributed by atoms with Crippen LogP contribution in [0.3, 0.4) is 0 Å². The summed E-state index contributed by atoms with van der Waals surface area (Å²) < 4.78 is 63.6. The van der Waals surface area contributed by atoms with Gasteiger partial charge in [0.15, 0.2) is 5.60 Å². The molecule has 0 aliphatic heterocycles. The molecular weight excluding hydrogens is 532 g/mol. The summed E-state index contributed by atoms with van der Waals surface area (Å²) in [7, 11) is 0. The standard InChI is InChI=1S/C26H28F4N8O2/c1-16(2)17-3-6-19(7-4-17)38-24(39)37(15-33-38)20-8-10-23(31-12-20)26(29,30)25(40,13-36-14-32-34-35-36)21-9-5-18(27)11-22(21)28/h5,8-12,14-17,19,40H,3-4,6-7,13H2,1-2H3. The number of pyridine rings is 1. The van der Waals surface area contributed by atoms with Crippen molar-refractivity contribution in [2.24, 2.45) is 11.8 Å². The van der Waals surface area contributed by atoms with Gasteiger partial charge in [-0.3, -0.25) is 4.98 Å². The quantitative estimate of drug-likeness (QED) is 0.326. The van der Waals surface area contributed by atoms with Crippen LogP contribution < -0.4 is 5.69 Å². The zero-order chi connectivity index (χ0) is 28.7. The van der Waals surface area contributed by atoms with Crippen molar-refractivity contribution in [1.29, 1.82) is 0 Å². The van der Waals surface area contributed by atoms with Gasteiger partial charge in [0.2, 0.25) is 0 Å². The smallest absolute Gasteiger partial charge is 0.350 e. The molecule has 1 fully saturated rings. The van der Waals surface area contributed by atoms with Crippen molar-refractivity contribution in [2.75, 3.05) is 0 Å². The highest BCUT2D eigenvalue weighted by atomic mass is 19.3. The fourth-order valence-electron chi connectivity index (χ4n) is 5.35. The largest absolute Gasteiger partial charge is 0.377 e. The van der Waals surface area contributed by atoms with E-state index in [-0.39, 0.29) is 11.7 Å². The van der Waals surface area contributed by atoms with Crippen LogP contribution in [0.15, 0.2) is 54.0 Å². The number of aliphatic hydroxyl groups is 1. The Morgan fingerprint density at radius 2 is 1.82 bits per heavy atom. The Morgan fingerprint density at radius 1 is 1.07 bits per heavy atom. The van der Waals surface area contributed by atoms with Gasteiger partial charge in [-0.2, -0.15) is 13.9 Å². The van der Waals surface area contributed by atoms with E-state index in [1.165, 1.54) is 21.6 Å². The van der Waals surface area contributed by atoms with E-state index in [9.17, 15) is 18.7 Å². The third-order valence-electron chi connectivity index (χ3n) is 7.75. The monoisotopic (exact) mass is 560 g/mol. The molecule has 10 nitrogen and oxygen atoms in total. The van der Waals surface area contributed by atoms with Crippen LogP contribution in [0, 0.1) is 23.5 Å². The van der Waals surface area contributed by atoms with Crippen LogP contribution in [0.5, 0.6) is 0 Å². The Labute approximate surface area is 226 Å². The SMILES string of the molecule is CC(C)C1CCC(n2ncn(-c3ccc(C(F)(F)C(O)(Cn4cnnn4)c4ccc(F)cc4F)nc3)c2=O)CC1. The number of tetrazole rings is 1. The van der Waals surface area contributed by atoms with E-state index in [0.717, 1.165) is 61.1 Å². The first kappa shape index (κ1) is 27.6. The van der Waals surface area contributed by atoms with Crippen molar-refractivity contribution < 1.29 is 22.7 Å². The maximum Gasteiger partial charge on any atom is 0.350 e. The Balaban J connectivity index is 1.44. The van der Waals surface area contributed by atoms with Gasteiger partial charge in [-0.15, -0.1) is 5.10 Å². The van der Waals surface area contributed by atoms with Gasteiger partial charge >= 0.3 is 11.6 Å². The molecule has 0 radical (unpaired) electrons. The molecule has 212 valence electrons. The number of nitrogens with zero attached hydrogens (tertiary/aromatic N) is 8. The van der Waals surface area contributed by atoms with Crippen LogP contribution in [-0.4, -0.2) is 44.6 Å². The van der Waals surface area contributed by atoms with Crippen LogP contribution >= 0.6 is 0 Å². The molecule has 0 bridgehead atoms. The Hall–Kier alpha value is -3.94. The molecule has 0 spiro atoms. The van der Waals surface area contributed by atoms with Crippen molar-refractivity contribution in [3.8, 4) is 5.69 Å². The summed E-state index contributed by atoms with van der Waals surface area (Å²) in [6.45, 7) is 3.41. The zero-order valence-electron chi connectivity index (χ0n) is 21.8. The molecule has 40 heavy (non-hydrogen) atoms. The van der Waals surface area contributed by atoms with E-state index < -0.39 is 46.6 Å². The topological polar surface area (TPSA) is 117 Å². The van der Waals surface area contributed by atoms with Crippen molar-refractivity contribution in [3.05, 3.63) is 82.6 Å². The zero-order valence-corrected chi connectivity index (χ0v) is 21.8. The summed E-state index contributed by atoms with van der Waals surface area (Å²) >= 11 is 0. The molecule has 5 rings (SSSR count). The molecule has 3 aromatic heterocycles. The number of rotatable bonds is 8. The summed E-state index contributed by atoms with van der Waals surface area (Å²) in [6, 6.07) is 4.00. The van der Waals surface area contributed by atoms with E-state index in [0.29, 0.717) is 17.9 Å². The van der Waals surface area contributed by atoms with Gasteiger partial charge in [-0.05, 0) is 72.2 Å². The minimum absolute atomic E-state index is 0.0489. The molecule has 1 aliphatic rings. The minimum atomic E-state index is -4.21. The van der Waals surface area contributed by atoms with Crippen LogP contribution in [-0.2, 0) is 18.1 Å². The molecular formula is C26H28F4N8O2. The fourth-order valence-corrected chi connectivity index (χ4v) is 5.35. The molecule has 4 aromatic rings. The molecule has 1 aromatic carbocycles. The van der Waals surface area contributed by atoms with Crippen molar-refractivity contribution in [1.82, 2.24) is 39.5 Å². The normalized spacial score (nSPS) is 19.6. The number of alkyl halides is 2. The molecule has 14 heteroatoms. The highest BCUT2D eigenvalue weighted by molar-refractivity contribution is 5.34. The summed E-state index contributed by atoms with van der Waals surface area (Å²) in [4.78, 5) is 16.9. The summed E-state index contributed by atoms with van der Waals surface area (Å²) in [5.74, 6) is -5.41. The Kier molecular flexibility index (Phi) is 7.29. The predicted octanol–water partition coefficient (Wildman–Crippen LogP) is 3.76.